The minimum atomic E-state index is -0.513. The fourth-order valence-electron chi connectivity index (χ4n) is 2.56. The average Bonchev–Trinajstić information content (AvgIpc) is 2.59. The van der Waals surface area contributed by atoms with Crippen molar-refractivity contribution in [2.45, 2.75) is 32.1 Å². The van der Waals surface area contributed by atoms with Gasteiger partial charge in [-0.25, -0.2) is 4.79 Å². The number of esters is 1. The molecule has 1 aliphatic rings. The molecule has 1 aliphatic carbocycles. The first-order valence-electron chi connectivity index (χ1n) is 7.40. The van der Waals surface area contributed by atoms with Crippen LogP contribution in [0.25, 0.3) is 0 Å². The summed E-state index contributed by atoms with van der Waals surface area (Å²) in [5, 5.41) is 0. The van der Waals surface area contributed by atoms with Crippen LogP contribution in [-0.4, -0.2) is 24.9 Å². The molecule has 1 aromatic carbocycles. The van der Waals surface area contributed by atoms with Crippen LogP contribution in [0, 0.1) is 5.92 Å². The molecular weight excluding hydrogens is 284 g/mol. The summed E-state index contributed by atoms with van der Waals surface area (Å²) in [5.41, 5.74) is 5.42. The van der Waals surface area contributed by atoms with Crippen molar-refractivity contribution in [1.82, 2.24) is 10.9 Å². The van der Waals surface area contributed by atoms with Crippen LogP contribution in [0.5, 0.6) is 0 Å². The van der Waals surface area contributed by atoms with Crippen molar-refractivity contribution >= 4 is 17.8 Å². The van der Waals surface area contributed by atoms with E-state index in [4.69, 9.17) is 0 Å². The second-order valence-electron chi connectivity index (χ2n) is 5.35. The molecule has 2 N–H and O–H groups in total. The van der Waals surface area contributed by atoms with Crippen LogP contribution in [0.15, 0.2) is 24.3 Å². The minimum absolute atomic E-state index is 0.0320. The molecule has 0 saturated heterocycles. The third-order valence-electron chi connectivity index (χ3n) is 3.82. The van der Waals surface area contributed by atoms with Gasteiger partial charge in [0, 0.05) is 11.5 Å². The highest BCUT2D eigenvalue weighted by Gasteiger charge is 2.21. The Morgan fingerprint density at radius 1 is 1.05 bits per heavy atom. The van der Waals surface area contributed by atoms with Crippen LogP contribution in [0.4, 0.5) is 0 Å². The van der Waals surface area contributed by atoms with E-state index in [-0.39, 0.29) is 23.0 Å². The van der Waals surface area contributed by atoms with Crippen LogP contribution >= 0.6 is 0 Å². The Hall–Kier alpha value is -2.37. The molecule has 1 fully saturated rings. The number of benzene rings is 1. The lowest BCUT2D eigenvalue weighted by Crippen LogP contribution is -2.45. The van der Waals surface area contributed by atoms with Crippen molar-refractivity contribution in [3.8, 4) is 0 Å². The SMILES string of the molecule is COC(=O)c1cccc(C(=O)NNC(=O)C2CCCCC2)c1. The number of hydrazine groups is 1. The van der Waals surface area contributed by atoms with E-state index >= 15 is 0 Å². The highest BCUT2D eigenvalue weighted by molar-refractivity contribution is 5.98. The Balaban J connectivity index is 1.91. The molecule has 6 heteroatoms. The number of rotatable bonds is 3. The van der Waals surface area contributed by atoms with Crippen molar-refractivity contribution in [2.24, 2.45) is 5.92 Å². The zero-order valence-corrected chi connectivity index (χ0v) is 12.6. The zero-order valence-electron chi connectivity index (χ0n) is 12.6. The lowest BCUT2D eigenvalue weighted by molar-refractivity contribution is -0.126. The molecule has 1 aromatic rings. The van der Waals surface area contributed by atoms with Crippen LogP contribution in [0.2, 0.25) is 0 Å². The van der Waals surface area contributed by atoms with Crippen molar-refractivity contribution in [3.63, 3.8) is 0 Å². The lowest BCUT2D eigenvalue weighted by atomic mass is 9.89. The molecule has 0 bridgehead atoms. The van der Waals surface area contributed by atoms with Gasteiger partial charge in [-0.3, -0.25) is 20.4 Å². The van der Waals surface area contributed by atoms with E-state index in [1.165, 1.54) is 13.2 Å². The predicted molar refractivity (Wildman–Crippen MR) is 80.0 cm³/mol. The summed E-state index contributed by atoms with van der Waals surface area (Å²) in [6, 6.07) is 6.13. The fourth-order valence-corrected chi connectivity index (χ4v) is 2.56. The number of carbonyl (C=O) groups is 3. The maximum absolute atomic E-state index is 12.0. The average molecular weight is 304 g/mol. The van der Waals surface area contributed by atoms with Crippen molar-refractivity contribution in [3.05, 3.63) is 35.4 Å². The number of amides is 2. The smallest absolute Gasteiger partial charge is 0.337 e. The first-order chi connectivity index (χ1) is 10.6. The molecule has 0 spiro atoms. The van der Waals surface area contributed by atoms with Gasteiger partial charge in [0.15, 0.2) is 0 Å². The van der Waals surface area contributed by atoms with E-state index in [0.29, 0.717) is 0 Å². The standard InChI is InChI=1S/C16H20N2O4/c1-22-16(21)13-9-5-8-12(10-13)15(20)18-17-14(19)11-6-3-2-4-7-11/h5,8-11H,2-4,6-7H2,1H3,(H,17,19)(H,18,20). The van der Waals surface area contributed by atoms with Crippen LogP contribution in [-0.2, 0) is 9.53 Å². The minimum Gasteiger partial charge on any atom is -0.465 e. The molecule has 0 unspecified atom stereocenters. The molecule has 6 nitrogen and oxygen atoms in total. The fraction of sp³-hybridized carbons (Fsp3) is 0.438. The highest BCUT2D eigenvalue weighted by Crippen LogP contribution is 2.23. The van der Waals surface area contributed by atoms with Gasteiger partial charge in [0.1, 0.15) is 0 Å². The summed E-state index contributed by atoms with van der Waals surface area (Å²) >= 11 is 0. The Morgan fingerprint density at radius 2 is 1.73 bits per heavy atom. The van der Waals surface area contributed by atoms with E-state index in [2.05, 4.69) is 15.6 Å². The summed E-state index contributed by atoms with van der Waals surface area (Å²) in [6.45, 7) is 0. The molecule has 22 heavy (non-hydrogen) atoms. The van der Waals surface area contributed by atoms with E-state index in [0.717, 1.165) is 32.1 Å². The van der Waals surface area contributed by atoms with Crippen molar-refractivity contribution in [1.29, 1.82) is 0 Å². The second-order valence-corrected chi connectivity index (χ2v) is 5.35. The topological polar surface area (TPSA) is 84.5 Å². The largest absolute Gasteiger partial charge is 0.465 e. The number of nitrogens with one attached hydrogen (secondary N) is 2. The van der Waals surface area contributed by atoms with E-state index in [1.54, 1.807) is 18.2 Å². The maximum atomic E-state index is 12.0. The number of hydrogen-bond acceptors (Lipinski definition) is 4. The molecule has 1 saturated carbocycles. The molecule has 0 radical (unpaired) electrons. The number of methoxy groups -OCH3 is 1. The molecule has 2 rings (SSSR count). The van der Waals surface area contributed by atoms with Crippen molar-refractivity contribution < 1.29 is 19.1 Å². The third-order valence-corrected chi connectivity index (χ3v) is 3.82. The number of carbonyl (C=O) groups excluding carboxylic acids is 3. The van der Waals surface area contributed by atoms with Crippen LogP contribution in [0.1, 0.15) is 52.8 Å². The van der Waals surface area contributed by atoms with Gasteiger partial charge in [-0.05, 0) is 31.0 Å². The first kappa shape index (κ1) is 16.0. The zero-order chi connectivity index (χ0) is 15.9. The van der Waals surface area contributed by atoms with Gasteiger partial charge in [-0.15, -0.1) is 0 Å². The van der Waals surface area contributed by atoms with Gasteiger partial charge >= 0.3 is 5.97 Å². The van der Waals surface area contributed by atoms with Gasteiger partial charge in [-0.1, -0.05) is 25.3 Å². The normalized spacial score (nSPS) is 15.0. The van der Waals surface area contributed by atoms with Gasteiger partial charge in [0.2, 0.25) is 5.91 Å². The summed E-state index contributed by atoms with van der Waals surface area (Å²) in [5.74, 6) is -1.16. The third kappa shape index (κ3) is 4.07. The Morgan fingerprint density at radius 3 is 2.41 bits per heavy atom. The number of hydrogen-bond donors (Lipinski definition) is 2. The van der Waals surface area contributed by atoms with Gasteiger partial charge in [0.25, 0.3) is 5.91 Å². The van der Waals surface area contributed by atoms with Crippen molar-refractivity contribution in [2.75, 3.05) is 7.11 Å². The Labute approximate surface area is 129 Å². The summed E-state index contributed by atoms with van der Waals surface area (Å²) < 4.78 is 4.61. The molecule has 0 aliphatic heterocycles. The maximum Gasteiger partial charge on any atom is 0.337 e. The molecular formula is C16H20N2O4. The summed E-state index contributed by atoms with van der Waals surface area (Å²) in [6.07, 6.45) is 4.98. The molecule has 0 aromatic heterocycles. The summed E-state index contributed by atoms with van der Waals surface area (Å²) in [7, 11) is 1.28. The van der Waals surface area contributed by atoms with Crippen LogP contribution < -0.4 is 10.9 Å². The van der Waals surface area contributed by atoms with Crippen LogP contribution in [0.3, 0.4) is 0 Å². The quantitative estimate of drug-likeness (QED) is 0.659. The Bertz CT molecular complexity index is 565. The van der Waals surface area contributed by atoms with E-state index in [1.807, 2.05) is 0 Å². The molecule has 0 heterocycles. The van der Waals surface area contributed by atoms with E-state index < -0.39 is 11.9 Å². The van der Waals surface area contributed by atoms with Gasteiger partial charge in [-0.2, -0.15) is 0 Å². The van der Waals surface area contributed by atoms with Gasteiger partial charge in [0.05, 0.1) is 12.7 Å². The molecule has 0 atom stereocenters. The number of ether oxygens (including phenoxy) is 1. The second kappa shape index (κ2) is 7.59. The molecule has 2 amide bonds. The molecule has 118 valence electrons. The predicted octanol–water partition coefficient (Wildman–Crippen LogP) is 1.81. The lowest BCUT2D eigenvalue weighted by Gasteiger charge is -2.20. The monoisotopic (exact) mass is 304 g/mol. The van der Waals surface area contributed by atoms with E-state index in [9.17, 15) is 14.4 Å². The Kier molecular flexibility index (Phi) is 5.52. The summed E-state index contributed by atoms with van der Waals surface area (Å²) in [4.78, 5) is 35.4. The highest BCUT2D eigenvalue weighted by atomic mass is 16.5. The van der Waals surface area contributed by atoms with Gasteiger partial charge < -0.3 is 4.74 Å². The first-order valence-corrected chi connectivity index (χ1v) is 7.40.